The Labute approximate surface area is 240 Å². The Morgan fingerprint density at radius 3 is 2.56 bits per heavy atom. The van der Waals surface area contributed by atoms with E-state index >= 15 is 0 Å². The van der Waals surface area contributed by atoms with Crippen LogP contribution in [0.5, 0.6) is 0 Å². The highest BCUT2D eigenvalue weighted by Crippen LogP contribution is 2.42. The number of amides is 2. The molecule has 1 aliphatic heterocycles. The number of benzene rings is 1. The molecule has 5 rings (SSSR count). The van der Waals surface area contributed by atoms with Crippen molar-refractivity contribution >= 4 is 39.3 Å². The van der Waals surface area contributed by atoms with Crippen molar-refractivity contribution in [3.05, 3.63) is 56.8 Å². The predicted molar refractivity (Wildman–Crippen MR) is 151 cm³/mol. The van der Waals surface area contributed by atoms with Gasteiger partial charge in [0, 0.05) is 22.3 Å². The SMILES string of the molecule is Cc1cc(-c2cn(C3C[C@@H](C(=O)NC(c4cc(F)cc(Br)c4)C4CC4)N(C(=O)OC(C)(C)C)C3)nn2)sc1C. The normalized spacial score (nSPS) is 20.2. The van der Waals surface area contributed by atoms with Crippen molar-refractivity contribution in [3.63, 3.8) is 0 Å². The molecule has 208 valence electrons. The Morgan fingerprint density at radius 1 is 1.21 bits per heavy atom. The van der Waals surface area contributed by atoms with Gasteiger partial charge in [-0.3, -0.25) is 9.69 Å². The Morgan fingerprint density at radius 2 is 1.95 bits per heavy atom. The largest absolute Gasteiger partial charge is 0.444 e. The molecular weight excluding hydrogens is 585 g/mol. The molecule has 0 bridgehead atoms. The maximum absolute atomic E-state index is 14.2. The van der Waals surface area contributed by atoms with Crippen LogP contribution >= 0.6 is 27.3 Å². The number of nitrogens with zero attached hydrogens (tertiary/aromatic N) is 4. The molecule has 39 heavy (non-hydrogen) atoms. The molecular formula is C28H33BrFN5O3S. The fourth-order valence-corrected chi connectivity index (χ4v) is 6.42. The Balaban J connectivity index is 1.39. The van der Waals surface area contributed by atoms with Crippen molar-refractivity contribution in [2.24, 2.45) is 5.92 Å². The number of rotatable bonds is 6. The van der Waals surface area contributed by atoms with Crippen LogP contribution in [0, 0.1) is 25.6 Å². The van der Waals surface area contributed by atoms with Crippen molar-refractivity contribution in [1.29, 1.82) is 0 Å². The van der Waals surface area contributed by atoms with E-state index in [2.05, 4.69) is 51.5 Å². The number of aryl methyl sites for hydroxylation is 2. The van der Waals surface area contributed by atoms with Crippen molar-refractivity contribution < 1.29 is 18.7 Å². The number of thiophene rings is 1. The Bertz CT molecular complexity index is 1360. The number of halogens is 2. The van der Waals surface area contributed by atoms with E-state index in [4.69, 9.17) is 4.74 Å². The van der Waals surface area contributed by atoms with Crippen molar-refractivity contribution in [1.82, 2.24) is 25.2 Å². The first-order valence-electron chi connectivity index (χ1n) is 13.1. The lowest BCUT2D eigenvalue weighted by molar-refractivity contribution is -0.126. The van der Waals surface area contributed by atoms with Crippen LogP contribution in [0.1, 0.15) is 68.1 Å². The lowest BCUT2D eigenvalue weighted by Crippen LogP contribution is -2.48. The van der Waals surface area contributed by atoms with Gasteiger partial charge in [-0.1, -0.05) is 21.1 Å². The second-order valence-electron chi connectivity index (χ2n) is 11.5. The van der Waals surface area contributed by atoms with E-state index in [9.17, 15) is 14.0 Å². The molecule has 3 atom stereocenters. The highest BCUT2D eigenvalue weighted by Gasteiger charge is 2.44. The number of likely N-dealkylation sites (tertiary alicyclic amines) is 1. The van der Waals surface area contributed by atoms with Gasteiger partial charge in [0.05, 0.1) is 23.2 Å². The summed E-state index contributed by atoms with van der Waals surface area (Å²) in [5, 5.41) is 11.9. The Hall–Kier alpha value is -2.79. The van der Waals surface area contributed by atoms with E-state index in [-0.39, 0.29) is 36.3 Å². The molecule has 1 saturated heterocycles. The number of ether oxygens (including phenoxy) is 1. The monoisotopic (exact) mass is 617 g/mol. The summed E-state index contributed by atoms with van der Waals surface area (Å²) in [5.74, 6) is -0.426. The minimum atomic E-state index is -0.762. The van der Waals surface area contributed by atoms with Gasteiger partial charge in [-0.2, -0.15) is 0 Å². The van der Waals surface area contributed by atoms with E-state index in [0.29, 0.717) is 16.5 Å². The zero-order chi connectivity index (χ0) is 28.1. The summed E-state index contributed by atoms with van der Waals surface area (Å²) < 4.78 is 22.2. The molecule has 1 aliphatic carbocycles. The number of nitrogens with one attached hydrogen (secondary N) is 1. The fourth-order valence-electron chi connectivity index (χ4n) is 4.95. The maximum Gasteiger partial charge on any atom is 0.411 e. The number of hydrogen-bond donors (Lipinski definition) is 1. The minimum absolute atomic E-state index is 0.227. The second kappa shape index (κ2) is 10.6. The molecule has 8 nitrogen and oxygen atoms in total. The van der Waals surface area contributed by atoms with E-state index < -0.39 is 17.7 Å². The third-order valence-electron chi connectivity index (χ3n) is 7.15. The van der Waals surface area contributed by atoms with Crippen LogP contribution in [0.2, 0.25) is 0 Å². The number of aromatic nitrogens is 3. The smallest absolute Gasteiger partial charge is 0.411 e. The number of carbonyl (C=O) groups is 2. The van der Waals surface area contributed by atoms with Crippen LogP contribution in [-0.2, 0) is 9.53 Å². The second-order valence-corrected chi connectivity index (χ2v) is 13.7. The van der Waals surface area contributed by atoms with Crippen LogP contribution < -0.4 is 5.32 Å². The summed E-state index contributed by atoms with van der Waals surface area (Å²) in [6, 6.07) is 5.43. The first-order chi connectivity index (χ1) is 18.4. The summed E-state index contributed by atoms with van der Waals surface area (Å²) in [4.78, 5) is 30.7. The quantitative estimate of drug-likeness (QED) is 0.348. The molecule has 2 unspecified atom stereocenters. The minimum Gasteiger partial charge on any atom is -0.444 e. The topological polar surface area (TPSA) is 89.4 Å². The number of carbonyl (C=O) groups excluding carboxylic acids is 2. The first kappa shape index (κ1) is 27.8. The molecule has 11 heteroatoms. The van der Waals surface area contributed by atoms with Gasteiger partial charge < -0.3 is 10.1 Å². The standard InChI is InChI=1S/C28H33BrFN5O3S/c1-15-8-24(39-16(15)2)22-14-35(33-32-22)21-12-23(34(13-21)27(37)38-28(3,4)5)26(36)31-25(17-6-7-17)18-9-19(29)11-20(30)10-18/h8-11,14,17,21,23,25H,6-7,12-13H2,1-5H3,(H,31,36)/t21?,23-,25?/m0/s1. The van der Waals surface area contributed by atoms with Crippen LogP contribution in [0.25, 0.3) is 10.6 Å². The first-order valence-corrected chi connectivity index (χ1v) is 14.7. The molecule has 3 aromatic rings. The van der Waals surface area contributed by atoms with Crippen molar-refractivity contribution in [3.8, 4) is 10.6 Å². The van der Waals surface area contributed by atoms with Crippen LogP contribution in [0.15, 0.2) is 34.9 Å². The average Bonchev–Trinajstić information content (AvgIpc) is 3.23. The van der Waals surface area contributed by atoms with Gasteiger partial charge in [0.1, 0.15) is 23.2 Å². The van der Waals surface area contributed by atoms with Crippen molar-refractivity contribution in [2.45, 2.75) is 77.6 Å². The lowest BCUT2D eigenvalue weighted by atomic mass is 10.0. The Kier molecular flexibility index (Phi) is 7.58. The molecule has 1 aromatic carbocycles. The molecule has 2 aromatic heterocycles. The zero-order valence-electron chi connectivity index (χ0n) is 22.7. The molecule has 0 spiro atoms. The summed E-state index contributed by atoms with van der Waals surface area (Å²) in [7, 11) is 0. The summed E-state index contributed by atoms with van der Waals surface area (Å²) >= 11 is 5.02. The zero-order valence-corrected chi connectivity index (χ0v) is 25.1. The summed E-state index contributed by atoms with van der Waals surface area (Å²) in [5.41, 5.74) is 1.96. The number of hydrogen-bond acceptors (Lipinski definition) is 6. The molecule has 2 amide bonds. The molecule has 3 heterocycles. The van der Waals surface area contributed by atoms with Gasteiger partial charge in [0.2, 0.25) is 5.91 Å². The van der Waals surface area contributed by atoms with Gasteiger partial charge in [-0.15, -0.1) is 16.4 Å². The van der Waals surface area contributed by atoms with Gasteiger partial charge >= 0.3 is 6.09 Å². The van der Waals surface area contributed by atoms with Crippen LogP contribution in [0.3, 0.4) is 0 Å². The van der Waals surface area contributed by atoms with E-state index in [0.717, 1.165) is 23.4 Å². The average molecular weight is 619 g/mol. The fraction of sp³-hybridized carbons (Fsp3) is 0.500. The predicted octanol–water partition coefficient (Wildman–Crippen LogP) is 6.34. The van der Waals surface area contributed by atoms with Crippen molar-refractivity contribution in [2.75, 3.05) is 6.54 Å². The highest BCUT2D eigenvalue weighted by molar-refractivity contribution is 9.10. The summed E-state index contributed by atoms with van der Waals surface area (Å²) in [6.45, 7) is 9.80. The molecule has 0 radical (unpaired) electrons. The van der Waals surface area contributed by atoms with Gasteiger partial charge in [-0.25, -0.2) is 13.9 Å². The molecule has 2 fully saturated rings. The van der Waals surface area contributed by atoms with Crippen LogP contribution in [-0.4, -0.2) is 50.1 Å². The van der Waals surface area contributed by atoms with E-state index in [1.165, 1.54) is 27.5 Å². The summed E-state index contributed by atoms with van der Waals surface area (Å²) in [6.07, 6.45) is 3.59. The van der Waals surface area contributed by atoms with Gasteiger partial charge in [-0.05, 0) is 88.8 Å². The van der Waals surface area contributed by atoms with Gasteiger partial charge in [0.25, 0.3) is 0 Å². The van der Waals surface area contributed by atoms with E-state index in [1.54, 1.807) is 36.8 Å². The molecule has 1 saturated carbocycles. The maximum atomic E-state index is 14.2. The molecule has 2 aliphatic rings. The third kappa shape index (κ3) is 6.35. The van der Waals surface area contributed by atoms with Gasteiger partial charge in [0.15, 0.2) is 0 Å². The third-order valence-corrected chi connectivity index (χ3v) is 8.78. The molecule has 1 N–H and O–H groups in total. The lowest BCUT2D eigenvalue weighted by Gasteiger charge is -2.29. The highest BCUT2D eigenvalue weighted by atomic mass is 79.9. The van der Waals surface area contributed by atoms with Crippen LogP contribution in [0.4, 0.5) is 9.18 Å². The van der Waals surface area contributed by atoms with E-state index in [1.807, 2.05) is 12.3 Å².